The first-order valence-electron chi connectivity index (χ1n) is 12.8. The number of aliphatic carboxylic acids is 1. The van der Waals surface area contributed by atoms with Gasteiger partial charge in [-0.05, 0) is 36.1 Å². The van der Waals surface area contributed by atoms with Gasteiger partial charge in [0.1, 0.15) is 28.5 Å². The van der Waals surface area contributed by atoms with Crippen molar-refractivity contribution in [3.8, 4) is 40.1 Å². The maximum Gasteiger partial charge on any atom is 0.405 e. The van der Waals surface area contributed by atoms with Crippen LogP contribution < -0.4 is 15.7 Å². The Labute approximate surface area is 234 Å². The Kier molecular flexibility index (Phi) is 8.20. The van der Waals surface area contributed by atoms with Gasteiger partial charge in [-0.2, -0.15) is 0 Å². The summed E-state index contributed by atoms with van der Waals surface area (Å²) in [5.41, 5.74) is 6.68. The Morgan fingerprint density at radius 1 is 0.902 bits per heavy atom. The molecule has 0 spiro atoms. The van der Waals surface area contributed by atoms with E-state index in [0.29, 0.717) is 5.56 Å². The second-order valence-electron chi connectivity index (χ2n) is 10.2. The highest BCUT2D eigenvalue weighted by Crippen LogP contribution is 2.38. The van der Waals surface area contributed by atoms with E-state index < -0.39 is 58.1 Å². The molecule has 0 aliphatic carbocycles. The molecule has 0 fully saturated rings. The first-order valence-corrected chi connectivity index (χ1v) is 12.8. The van der Waals surface area contributed by atoms with E-state index >= 15 is 0 Å². The minimum atomic E-state index is -1.60. The van der Waals surface area contributed by atoms with Crippen LogP contribution in [-0.2, 0) is 16.0 Å². The lowest BCUT2D eigenvalue weighted by Gasteiger charge is -2.17. The van der Waals surface area contributed by atoms with Crippen LogP contribution in [0, 0.1) is 5.92 Å². The van der Waals surface area contributed by atoms with Gasteiger partial charge >= 0.3 is 11.9 Å². The van der Waals surface area contributed by atoms with Crippen LogP contribution in [0.5, 0.6) is 28.7 Å². The summed E-state index contributed by atoms with van der Waals surface area (Å²) in [5, 5.41) is 62.3. The number of phenolic OH excluding ortho intramolecular Hbond substituents is 4. The molecule has 0 radical (unpaired) electrons. The number of carbonyl (C=O) groups is 2. The van der Waals surface area contributed by atoms with Gasteiger partial charge < -0.3 is 40.8 Å². The molecule has 214 valence electrons. The molecule has 8 N–H and O–H groups in total. The van der Waals surface area contributed by atoms with Crippen LogP contribution in [0.3, 0.4) is 0 Å². The van der Waals surface area contributed by atoms with Gasteiger partial charge in [0.15, 0.2) is 17.3 Å². The number of nitrogens with two attached hydrogens (primary N) is 1. The number of carboxylic acid groups (broad SMARTS) is 1. The molecule has 41 heavy (non-hydrogen) atoms. The summed E-state index contributed by atoms with van der Waals surface area (Å²) in [4.78, 5) is 26.8. The van der Waals surface area contributed by atoms with Crippen LogP contribution in [-0.4, -0.2) is 54.6 Å². The van der Waals surface area contributed by atoms with E-state index in [0.717, 1.165) is 28.8 Å². The number of carboxylic acids is 1. The van der Waals surface area contributed by atoms with Crippen molar-refractivity contribution in [1.82, 2.24) is 4.58 Å². The van der Waals surface area contributed by atoms with E-state index in [9.17, 15) is 40.2 Å². The van der Waals surface area contributed by atoms with Crippen LogP contribution in [0.4, 0.5) is 0 Å². The molecule has 1 heterocycles. The van der Waals surface area contributed by atoms with Gasteiger partial charge in [-0.15, -0.1) is 4.58 Å². The minimum absolute atomic E-state index is 0.0369. The van der Waals surface area contributed by atoms with Crippen molar-refractivity contribution in [2.24, 2.45) is 11.7 Å². The number of hydrogen-bond acceptors (Lipinski definition) is 9. The van der Waals surface area contributed by atoms with E-state index in [2.05, 4.69) is 0 Å². The molecular formula is C30H31N2O9+. The molecule has 0 unspecified atom stereocenters. The van der Waals surface area contributed by atoms with Crippen molar-refractivity contribution in [3.63, 3.8) is 0 Å². The second-order valence-corrected chi connectivity index (χ2v) is 10.2. The quantitative estimate of drug-likeness (QED) is 0.124. The Morgan fingerprint density at radius 2 is 1.59 bits per heavy atom. The Balaban J connectivity index is 2.21. The number of hydrogen-bond donors (Lipinski definition) is 7. The number of carbonyl (C=O) groups excluding carboxylic acids is 1. The highest BCUT2D eigenvalue weighted by Gasteiger charge is 2.41. The summed E-state index contributed by atoms with van der Waals surface area (Å²) in [6, 6.07) is 11.4. The monoisotopic (exact) mass is 563 g/mol. The molecule has 3 aromatic carbocycles. The van der Waals surface area contributed by atoms with Gasteiger partial charge in [-0.25, -0.2) is 9.59 Å². The molecule has 0 aliphatic heterocycles. The second kappa shape index (κ2) is 11.6. The zero-order valence-electron chi connectivity index (χ0n) is 22.4. The number of benzene rings is 3. The predicted molar refractivity (Wildman–Crippen MR) is 149 cm³/mol. The third kappa shape index (κ3) is 5.94. The number of aromatic hydroxyl groups is 5. The summed E-state index contributed by atoms with van der Waals surface area (Å²) < 4.78 is 6.65. The van der Waals surface area contributed by atoms with Gasteiger partial charge in [-0.1, -0.05) is 44.2 Å². The first kappa shape index (κ1) is 29.0. The SMILES string of the molecule is CC(C)C[C@H](N)C(=O)[N+](=c1c(O)c(-c2ccc(O)c(O)c2)oc2cc(O)cc(O)c12)[C@@H](Cc1ccccc1)C(=O)O. The highest BCUT2D eigenvalue weighted by molar-refractivity contribution is 5.93. The molecule has 11 nitrogen and oxygen atoms in total. The fourth-order valence-electron chi connectivity index (χ4n) is 4.72. The first-order chi connectivity index (χ1) is 19.4. The molecule has 2 atom stereocenters. The zero-order chi connectivity index (χ0) is 30.0. The van der Waals surface area contributed by atoms with Gasteiger partial charge in [-0.3, -0.25) is 0 Å². The summed E-state index contributed by atoms with van der Waals surface area (Å²) in [7, 11) is 0. The fraction of sp³-hybridized carbons (Fsp3) is 0.233. The fourth-order valence-corrected chi connectivity index (χ4v) is 4.72. The Morgan fingerprint density at radius 3 is 2.20 bits per heavy atom. The lowest BCUT2D eigenvalue weighted by Crippen LogP contribution is -2.54. The van der Waals surface area contributed by atoms with Crippen molar-refractivity contribution in [1.29, 1.82) is 0 Å². The topological polar surface area (TPSA) is 198 Å². The Hall–Kier alpha value is -5.03. The number of phenols is 4. The van der Waals surface area contributed by atoms with E-state index in [4.69, 9.17) is 10.2 Å². The summed E-state index contributed by atoms with van der Waals surface area (Å²) in [6.07, 6.45) is 0.00579. The van der Waals surface area contributed by atoms with Gasteiger partial charge in [0, 0.05) is 24.1 Å². The highest BCUT2D eigenvalue weighted by atomic mass is 16.4. The van der Waals surface area contributed by atoms with Gasteiger partial charge in [0.05, 0.1) is 0 Å². The summed E-state index contributed by atoms with van der Waals surface area (Å²) in [5.74, 6) is -5.38. The zero-order valence-corrected chi connectivity index (χ0v) is 22.4. The molecule has 1 amide bonds. The number of fused-ring (bicyclic) bond motifs is 1. The maximum absolute atomic E-state index is 14.0. The van der Waals surface area contributed by atoms with Crippen LogP contribution in [0.25, 0.3) is 22.3 Å². The van der Waals surface area contributed by atoms with Crippen LogP contribution in [0.2, 0.25) is 0 Å². The van der Waals surface area contributed by atoms with Crippen molar-refractivity contribution in [2.75, 3.05) is 0 Å². The van der Waals surface area contributed by atoms with Crippen molar-refractivity contribution in [3.05, 3.63) is 71.6 Å². The van der Waals surface area contributed by atoms with Crippen LogP contribution >= 0.6 is 0 Å². The third-order valence-electron chi connectivity index (χ3n) is 6.58. The number of nitrogens with zero attached hydrogens (tertiary/aromatic N) is 1. The third-order valence-corrected chi connectivity index (χ3v) is 6.58. The van der Waals surface area contributed by atoms with E-state index in [-0.39, 0.29) is 41.1 Å². The van der Waals surface area contributed by atoms with Crippen molar-refractivity contribution < 1.29 is 44.6 Å². The van der Waals surface area contributed by atoms with E-state index in [1.807, 2.05) is 13.8 Å². The molecule has 0 saturated heterocycles. The predicted octanol–water partition coefficient (Wildman–Crippen LogP) is 3.00. The smallest absolute Gasteiger partial charge is 0.405 e. The molecular weight excluding hydrogens is 532 g/mol. The summed E-state index contributed by atoms with van der Waals surface area (Å²) >= 11 is 0. The van der Waals surface area contributed by atoms with E-state index in [1.54, 1.807) is 30.3 Å². The largest absolute Gasteiger partial charge is 0.508 e. The Bertz CT molecular complexity index is 1690. The lowest BCUT2D eigenvalue weighted by atomic mass is 10.0. The van der Waals surface area contributed by atoms with Gasteiger partial charge in [0.25, 0.3) is 11.4 Å². The minimum Gasteiger partial charge on any atom is -0.508 e. The molecule has 4 aromatic rings. The standard InChI is InChI=1S/C30H30N2O9/c1-15(2)10-19(31)29(38)32(20(30(39)40)11-16-6-4-3-5-7-16)26-25-23(36)13-18(33)14-24(25)41-28(27(26)37)17-8-9-21(34)22(35)12-17/h3-9,12-15,19-20H,10-11,31H2,1-2H3,(H5,33,34,35,36,37,39,40)/p+1/t19-,20-/m0/s1. The number of rotatable bonds is 8. The molecule has 4 rings (SSSR count). The average molecular weight is 564 g/mol. The van der Waals surface area contributed by atoms with Gasteiger partial charge in [0.2, 0.25) is 5.75 Å². The summed E-state index contributed by atoms with van der Waals surface area (Å²) in [6.45, 7) is 3.68. The maximum atomic E-state index is 14.0. The van der Waals surface area contributed by atoms with Crippen LogP contribution in [0.15, 0.2) is 65.1 Å². The number of amides is 1. The normalized spacial score (nSPS) is 13.7. The van der Waals surface area contributed by atoms with E-state index in [1.165, 1.54) is 6.07 Å². The van der Waals surface area contributed by atoms with Crippen LogP contribution in [0.1, 0.15) is 25.8 Å². The average Bonchev–Trinajstić information content (AvgIpc) is 2.90. The molecule has 0 aliphatic rings. The molecule has 11 heteroatoms. The molecule has 0 saturated carbocycles. The van der Waals surface area contributed by atoms with Crippen molar-refractivity contribution in [2.45, 2.75) is 38.8 Å². The molecule has 0 bridgehead atoms. The lowest BCUT2D eigenvalue weighted by molar-refractivity contribution is -0.143. The van der Waals surface area contributed by atoms with Crippen molar-refractivity contribution >= 4 is 22.8 Å². The molecule has 1 aromatic heterocycles.